The number of morpholine rings is 1. The van der Waals surface area contributed by atoms with E-state index in [9.17, 15) is 9.59 Å². The lowest BCUT2D eigenvalue weighted by Crippen LogP contribution is -2.40. The van der Waals surface area contributed by atoms with Gasteiger partial charge in [-0.2, -0.15) is 0 Å². The lowest BCUT2D eigenvalue weighted by molar-refractivity contribution is 0.0303. The zero-order valence-corrected chi connectivity index (χ0v) is 18.1. The van der Waals surface area contributed by atoms with Crippen LogP contribution in [-0.2, 0) is 4.74 Å². The molecule has 0 aliphatic carbocycles. The number of nitrogens with zero attached hydrogens (tertiary/aromatic N) is 1. The maximum atomic E-state index is 13.1. The van der Waals surface area contributed by atoms with E-state index >= 15 is 0 Å². The number of amides is 2. The SMILES string of the molecule is Cc1oc2c(NC(=O)c3c(Cl)cccc3Cl)cc(C(=O)N3CCOCC3)cc2c1C. The molecule has 2 heterocycles. The van der Waals surface area contributed by atoms with Crippen LogP contribution in [0.4, 0.5) is 5.69 Å². The van der Waals surface area contributed by atoms with Gasteiger partial charge in [0.25, 0.3) is 11.8 Å². The standard InChI is InChI=1S/C22H20Cl2N2O4/c1-12-13(2)30-20-15(12)10-14(22(28)26-6-8-29-9-7-26)11-18(20)25-21(27)19-16(23)4-3-5-17(19)24/h3-5,10-11H,6-9H2,1-2H3,(H,25,27). The molecule has 3 aromatic rings. The molecule has 6 nitrogen and oxygen atoms in total. The van der Waals surface area contributed by atoms with E-state index in [1.807, 2.05) is 13.8 Å². The van der Waals surface area contributed by atoms with Crippen LogP contribution in [0.3, 0.4) is 0 Å². The molecular formula is C22H20Cl2N2O4. The van der Waals surface area contributed by atoms with Crippen molar-refractivity contribution in [2.45, 2.75) is 13.8 Å². The molecule has 30 heavy (non-hydrogen) atoms. The fourth-order valence-corrected chi connectivity index (χ4v) is 4.07. The van der Waals surface area contributed by atoms with Crippen LogP contribution in [0.25, 0.3) is 11.0 Å². The van der Waals surface area contributed by atoms with Gasteiger partial charge in [0.2, 0.25) is 0 Å². The highest BCUT2D eigenvalue weighted by Crippen LogP contribution is 2.34. The van der Waals surface area contributed by atoms with Crippen molar-refractivity contribution < 1.29 is 18.7 Å². The summed E-state index contributed by atoms with van der Waals surface area (Å²) >= 11 is 12.4. The first kappa shape index (κ1) is 20.7. The molecule has 1 aromatic heterocycles. The molecule has 1 aliphatic heterocycles. The molecule has 4 rings (SSSR count). The number of halogens is 2. The lowest BCUT2D eigenvalue weighted by atomic mass is 10.1. The van der Waals surface area contributed by atoms with Gasteiger partial charge in [-0.25, -0.2) is 0 Å². The molecule has 0 atom stereocenters. The minimum absolute atomic E-state index is 0.121. The molecule has 1 saturated heterocycles. The summed E-state index contributed by atoms with van der Waals surface area (Å²) in [5.74, 6) is 0.117. The minimum Gasteiger partial charge on any atom is -0.459 e. The van der Waals surface area contributed by atoms with Crippen molar-refractivity contribution in [1.29, 1.82) is 0 Å². The average molecular weight is 447 g/mol. The van der Waals surface area contributed by atoms with Crippen molar-refractivity contribution in [3.63, 3.8) is 0 Å². The van der Waals surface area contributed by atoms with Gasteiger partial charge in [0.05, 0.1) is 34.5 Å². The number of anilines is 1. The molecule has 0 radical (unpaired) electrons. The van der Waals surface area contributed by atoms with E-state index in [0.717, 1.165) is 10.9 Å². The Morgan fingerprint density at radius 1 is 1.07 bits per heavy atom. The Balaban J connectivity index is 1.77. The van der Waals surface area contributed by atoms with Crippen LogP contribution in [0, 0.1) is 13.8 Å². The lowest BCUT2D eigenvalue weighted by Gasteiger charge is -2.27. The number of aryl methyl sites for hydroxylation is 2. The first-order valence-electron chi connectivity index (χ1n) is 9.53. The Labute approximate surface area is 183 Å². The summed E-state index contributed by atoms with van der Waals surface area (Å²) < 4.78 is 11.2. The second-order valence-corrected chi connectivity index (χ2v) is 7.95. The number of hydrogen-bond acceptors (Lipinski definition) is 4. The number of benzene rings is 2. The molecule has 8 heteroatoms. The van der Waals surface area contributed by atoms with Crippen LogP contribution in [0.2, 0.25) is 10.0 Å². The van der Waals surface area contributed by atoms with Crippen LogP contribution < -0.4 is 5.32 Å². The van der Waals surface area contributed by atoms with Crippen molar-refractivity contribution in [1.82, 2.24) is 4.90 Å². The molecule has 0 bridgehead atoms. The topological polar surface area (TPSA) is 71.8 Å². The molecular weight excluding hydrogens is 427 g/mol. The third kappa shape index (κ3) is 3.78. The summed E-state index contributed by atoms with van der Waals surface area (Å²) in [6.07, 6.45) is 0. The van der Waals surface area contributed by atoms with Crippen molar-refractivity contribution in [2.24, 2.45) is 0 Å². The second kappa shape index (κ2) is 8.30. The van der Waals surface area contributed by atoms with Gasteiger partial charge in [-0.3, -0.25) is 9.59 Å². The predicted octanol–water partition coefficient (Wildman–Crippen LogP) is 5.08. The highest BCUT2D eigenvalue weighted by molar-refractivity contribution is 6.40. The van der Waals surface area contributed by atoms with Gasteiger partial charge in [-0.15, -0.1) is 0 Å². The number of rotatable bonds is 3. The van der Waals surface area contributed by atoms with Crippen molar-refractivity contribution in [2.75, 3.05) is 31.6 Å². The van der Waals surface area contributed by atoms with Gasteiger partial charge >= 0.3 is 0 Å². The summed E-state index contributed by atoms with van der Waals surface area (Å²) in [6, 6.07) is 8.29. The first-order chi connectivity index (χ1) is 14.4. The Hall–Kier alpha value is -2.54. The third-order valence-corrected chi connectivity index (χ3v) is 5.89. The predicted molar refractivity (Wildman–Crippen MR) is 117 cm³/mol. The summed E-state index contributed by atoms with van der Waals surface area (Å²) in [7, 11) is 0. The maximum absolute atomic E-state index is 13.1. The fraction of sp³-hybridized carbons (Fsp3) is 0.273. The van der Waals surface area contributed by atoms with Gasteiger partial charge < -0.3 is 19.4 Å². The normalized spacial score (nSPS) is 14.2. The van der Waals surface area contributed by atoms with Crippen molar-refractivity contribution in [3.8, 4) is 0 Å². The number of hydrogen-bond donors (Lipinski definition) is 1. The molecule has 2 amide bonds. The highest BCUT2D eigenvalue weighted by Gasteiger charge is 2.23. The van der Waals surface area contributed by atoms with Gasteiger partial charge in [-0.05, 0) is 43.7 Å². The molecule has 1 fully saturated rings. The Kier molecular flexibility index (Phi) is 5.73. The fourth-order valence-electron chi connectivity index (χ4n) is 3.50. The van der Waals surface area contributed by atoms with Gasteiger partial charge in [-0.1, -0.05) is 29.3 Å². The largest absolute Gasteiger partial charge is 0.459 e. The monoisotopic (exact) mass is 446 g/mol. The number of ether oxygens (including phenoxy) is 1. The van der Waals surface area contributed by atoms with E-state index in [2.05, 4.69) is 5.32 Å². The van der Waals surface area contributed by atoms with E-state index in [0.29, 0.717) is 48.9 Å². The molecule has 2 aromatic carbocycles. The molecule has 1 N–H and O–H groups in total. The van der Waals surface area contributed by atoms with E-state index < -0.39 is 5.91 Å². The Bertz CT molecular complexity index is 1130. The molecule has 0 unspecified atom stereocenters. The second-order valence-electron chi connectivity index (χ2n) is 7.14. The summed E-state index contributed by atoms with van der Waals surface area (Å²) in [4.78, 5) is 27.7. The van der Waals surface area contributed by atoms with Crippen LogP contribution >= 0.6 is 23.2 Å². The van der Waals surface area contributed by atoms with Gasteiger partial charge in [0, 0.05) is 24.0 Å². The smallest absolute Gasteiger partial charge is 0.258 e. The first-order valence-corrected chi connectivity index (χ1v) is 10.3. The van der Waals surface area contributed by atoms with Crippen molar-refractivity contribution >= 4 is 51.7 Å². The van der Waals surface area contributed by atoms with Gasteiger partial charge in [0.1, 0.15) is 5.76 Å². The maximum Gasteiger partial charge on any atom is 0.258 e. The molecule has 1 aliphatic rings. The molecule has 156 valence electrons. The van der Waals surface area contributed by atoms with Crippen molar-refractivity contribution in [3.05, 3.63) is 62.8 Å². The number of carbonyl (C=O) groups excluding carboxylic acids is 2. The summed E-state index contributed by atoms with van der Waals surface area (Å²) in [6.45, 7) is 5.82. The highest BCUT2D eigenvalue weighted by atomic mass is 35.5. The van der Waals surface area contributed by atoms with E-state index in [1.165, 1.54) is 0 Å². The number of nitrogens with one attached hydrogen (secondary N) is 1. The van der Waals surface area contributed by atoms with Crippen LogP contribution in [0.1, 0.15) is 32.0 Å². The number of furan rings is 1. The van der Waals surface area contributed by atoms with E-state index in [4.69, 9.17) is 32.4 Å². The van der Waals surface area contributed by atoms with Gasteiger partial charge in [0.15, 0.2) is 5.58 Å². The van der Waals surface area contributed by atoms with Crippen LogP contribution in [-0.4, -0.2) is 43.0 Å². The average Bonchev–Trinajstić information content (AvgIpc) is 3.02. The van der Waals surface area contributed by atoms with Crippen LogP contribution in [0.15, 0.2) is 34.7 Å². The Morgan fingerprint density at radius 2 is 1.73 bits per heavy atom. The zero-order chi connectivity index (χ0) is 21.4. The molecule has 0 spiro atoms. The Morgan fingerprint density at radius 3 is 2.40 bits per heavy atom. The summed E-state index contributed by atoms with van der Waals surface area (Å²) in [5, 5.41) is 4.07. The molecule has 0 saturated carbocycles. The third-order valence-electron chi connectivity index (χ3n) is 5.26. The quantitative estimate of drug-likeness (QED) is 0.608. The summed E-state index contributed by atoms with van der Waals surface area (Å²) in [5.41, 5.74) is 2.43. The van der Waals surface area contributed by atoms with Crippen LogP contribution in [0.5, 0.6) is 0 Å². The number of fused-ring (bicyclic) bond motifs is 1. The number of carbonyl (C=O) groups is 2. The van der Waals surface area contributed by atoms with E-state index in [-0.39, 0.29) is 21.5 Å². The zero-order valence-electron chi connectivity index (χ0n) is 16.6. The van der Waals surface area contributed by atoms with E-state index in [1.54, 1.807) is 35.2 Å². The minimum atomic E-state index is -0.477.